The van der Waals surface area contributed by atoms with Crippen LogP contribution >= 0.6 is 0 Å². The third-order valence-electron chi connectivity index (χ3n) is 2.74. The average Bonchev–Trinajstić information content (AvgIpc) is 2.39. The van der Waals surface area contributed by atoms with Gasteiger partial charge < -0.3 is 15.4 Å². The van der Waals surface area contributed by atoms with Gasteiger partial charge in [-0.1, -0.05) is 30.3 Å². The van der Waals surface area contributed by atoms with E-state index in [-0.39, 0.29) is 6.10 Å². The second-order valence-electron chi connectivity index (χ2n) is 3.89. The van der Waals surface area contributed by atoms with Gasteiger partial charge in [0.25, 0.3) is 0 Å². The van der Waals surface area contributed by atoms with Crippen molar-refractivity contribution in [1.82, 2.24) is 4.90 Å². The van der Waals surface area contributed by atoms with Crippen LogP contribution in [0.3, 0.4) is 0 Å². The van der Waals surface area contributed by atoms with E-state index in [4.69, 9.17) is 10.5 Å². The van der Waals surface area contributed by atoms with E-state index in [0.717, 1.165) is 5.56 Å². The van der Waals surface area contributed by atoms with Gasteiger partial charge in [0, 0.05) is 6.54 Å². The van der Waals surface area contributed by atoms with Crippen LogP contribution in [0.2, 0.25) is 0 Å². The molecule has 1 aromatic carbocycles. The van der Waals surface area contributed by atoms with Crippen LogP contribution in [-0.4, -0.2) is 36.4 Å². The molecule has 1 aliphatic heterocycles. The van der Waals surface area contributed by atoms with Gasteiger partial charge in [-0.15, -0.1) is 0 Å². The lowest BCUT2D eigenvalue weighted by molar-refractivity contribution is -0.149. The maximum atomic E-state index is 11.5. The first-order valence-electron chi connectivity index (χ1n) is 5.43. The first kappa shape index (κ1) is 11.6. The van der Waals surface area contributed by atoms with Crippen LogP contribution in [-0.2, 0) is 14.3 Å². The predicted octanol–water partition coefficient (Wildman–Crippen LogP) is 0.0718. The van der Waals surface area contributed by atoms with Gasteiger partial charge in [0.15, 0.2) is 0 Å². The van der Waals surface area contributed by atoms with Gasteiger partial charge in [-0.2, -0.15) is 0 Å². The number of ether oxygens (including phenoxy) is 1. The first-order valence-corrected chi connectivity index (χ1v) is 5.43. The van der Waals surface area contributed by atoms with Crippen molar-refractivity contribution < 1.29 is 14.3 Å². The largest absolute Gasteiger partial charge is 0.370 e. The van der Waals surface area contributed by atoms with Gasteiger partial charge in [0.1, 0.15) is 6.10 Å². The van der Waals surface area contributed by atoms with Crippen molar-refractivity contribution in [2.75, 3.05) is 19.7 Å². The van der Waals surface area contributed by atoms with Crippen LogP contribution in [0.4, 0.5) is 0 Å². The van der Waals surface area contributed by atoms with Gasteiger partial charge in [-0.05, 0) is 5.56 Å². The van der Waals surface area contributed by atoms with Gasteiger partial charge in [0.05, 0.1) is 13.2 Å². The second-order valence-corrected chi connectivity index (χ2v) is 3.89. The zero-order chi connectivity index (χ0) is 12.3. The monoisotopic (exact) mass is 234 g/mol. The molecular weight excluding hydrogens is 220 g/mol. The van der Waals surface area contributed by atoms with E-state index in [2.05, 4.69) is 0 Å². The minimum Gasteiger partial charge on any atom is -0.370 e. The molecule has 1 atom stereocenters. The number of carbonyl (C=O) groups excluding carboxylic acids is 2. The Morgan fingerprint density at radius 2 is 2.00 bits per heavy atom. The molecule has 1 unspecified atom stereocenters. The molecule has 2 N–H and O–H groups in total. The topological polar surface area (TPSA) is 72.6 Å². The van der Waals surface area contributed by atoms with Gasteiger partial charge in [0.2, 0.25) is 0 Å². The van der Waals surface area contributed by atoms with E-state index in [1.165, 1.54) is 4.90 Å². The molecule has 1 saturated heterocycles. The summed E-state index contributed by atoms with van der Waals surface area (Å²) in [6.45, 7) is 1.19. The van der Waals surface area contributed by atoms with E-state index >= 15 is 0 Å². The molecule has 2 amide bonds. The molecule has 0 aromatic heterocycles. The number of amides is 2. The van der Waals surface area contributed by atoms with Crippen LogP contribution in [0.1, 0.15) is 11.7 Å². The van der Waals surface area contributed by atoms with Crippen LogP contribution in [0, 0.1) is 0 Å². The van der Waals surface area contributed by atoms with Crippen LogP contribution in [0.5, 0.6) is 0 Å². The van der Waals surface area contributed by atoms with Crippen LogP contribution in [0.15, 0.2) is 30.3 Å². The molecule has 1 fully saturated rings. The van der Waals surface area contributed by atoms with Crippen molar-refractivity contribution in [3.05, 3.63) is 35.9 Å². The number of primary amides is 1. The molecule has 0 saturated carbocycles. The fourth-order valence-electron chi connectivity index (χ4n) is 1.86. The number of benzene rings is 1. The molecule has 17 heavy (non-hydrogen) atoms. The minimum atomic E-state index is -0.918. The van der Waals surface area contributed by atoms with E-state index in [1.807, 2.05) is 30.3 Å². The number of nitrogens with two attached hydrogens (primary N) is 1. The van der Waals surface area contributed by atoms with Crippen molar-refractivity contribution >= 4 is 11.8 Å². The molecule has 90 valence electrons. The number of hydrogen-bond donors (Lipinski definition) is 1. The normalized spacial score (nSPS) is 20.0. The highest BCUT2D eigenvalue weighted by atomic mass is 16.5. The van der Waals surface area contributed by atoms with Crippen molar-refractivity contribution in [1.29, 1.82) is 0 Å². The van der Waals surface area contributed by atoms with Crippen molar-refractivity contribution in [3.8, 4) is 0 Å². The van der Waals surface area contributed by atoms with Crippen LogP contribution < -0.4 is 5.73 Å². The fourth-order valence-corrected chi connectivity index (χ4v) is 1.86. The summed E-state index contributed by atoms with van der Waals surface area (Å²) in [4.78, 5) is 23.7. The standard InChI is InChI=1S/C12H14N2O3/c13-11(15)12(16)14-6-7-17-10(8-14)9-4-2-1-3-5-9/h1-5,10H,6-8H2,(H2,13,15). The molecule has 1 aliphatic rings. The second kappa shape index (κ2) is 4.97. The summed E-state index contributed by atoms with van der Waals surface area (Å²) in [5, 5.41) is 0. The Labute approximate surface area is 99.2 Å². The van der Waals surface area contributed by atoms with E-state index in [9.17, 15) is 9.59 Å². The zero-order valence-electron chi connectivity index (χ0n) is 9.33. The summed E-state index contributed by atoms with van der Waals surface area (Å²) in [6, 6.07) is 9.60. The zero-order valence-corrected chi connectivity index (χ0v) is 9.33. The molecule has 1 aromatic rings. The van der Waals surface area contributed by atoms with Gasteiger partial charge in [-0.3, -0.25) is 9.59 Å². The highest BCUT2D eigenvalue weighted by Crippen LogP contribution is 2.21. The van der Waals surface area contributed by atoms with Crippen molar-refractivity contribution in [3.63, 3.8) is 0 Å². The third kappa shape index (κ3) is 2.62. The molecule has 0 aliphatic carbocycles. The number of carbonyl (C=O) groups is 2. The highest BCUT2D eigenvalue weighted by Gasteiger charge is 2.27. The summed E-state index contributed by atoms with van der Waals surface area (Å²) < 4.78 is 5.58. The van der Waals surface area contributed by atoms with Crippen LogP contribution in [0.25, 0.3) is 0 Å². The summed E-state index contributed by atoms with van der Waals surface area (Å²) in [5.74, 6) is -1.56. The Balaban J connectivity index is 2.08. The molecule has 5 nitrogen and oxygen atoms in total. The Morgan fingerprint density at radius 1 is 1.29 bits per heavy atom. The average molecular weight is 234 g/mol. The Bertz CT molecular complexity index is 419. The summed E-state index contributed by atoms with van der Waals surface area (Å²) >= 11 is 0. The molecule has 0 spiro atoms. The summed E-state index contributed by atoms with van der Waals surface area (Å²) in [7, 11) is 0. The Kier molecular flexibility index (Phi) is 3.39. The first-order chi connectivity index (χ1) is 8.18. The number of nitrogens with zero attached hydrogens (tertiary/aromatic N) is 1. The molecule has 0 bridgehead atoms. The number of hydrogen-bond acceptors (Lipinski definition) is 3. The maximum Gasteiger partial charge on any atom is 0.311 e. The number of rotatable bonds is 1. The van der Waals surface area contributed by atoms with Crippen molar-refractivity contribution in [2.45, 2.75) is 6.10 Å². The predicted molar refractivity (Wildman–Crippen MR) is 60.9 cm³/mol. The highest BCUT2D eigenvalue weighted by molar-refractivity contribution is 6.34. The van der Waals surface area contributed by atoms with Crippen molar-refractivity contribution in [2.24, 2.45) is 5.73 Å². The lowest BCUT2D eigenvalue weighted by atomic mass is 10.1. The molecular formula is C12H14N2O3. The molecule has 2 rings (SSSR count). The molecule has 1 heterocycles. The quantitative estimate of drug-likeness (QED) is 0.699. The summed E-state index contributed by atoms with van der Waals surface area (Å²) in [5.41, 5.74) is 5.97. The Hall–Kier alpha value is -1.88. The van der Waals surface area contributed by atoms with E-state index in [1.54, 1.807) is 0 Å². The SMILES string of the molecule is NC(=O)C(=O)N1CCOC(c2ccccc2)C1. The van der Waals surface area contributed by atoms with E-state index in [0.29, 0.717) is 19.7 Å². The maximum absolute atomic E-state index is 11.5. The lowest BCUT2D eigenvalue weighted by Crippen LogP contribution is -2.47. The van der Waals surface area contributed by atoms with E-state index < -0.39 is 11.8 Å². The third-order valence-corrected chi connectivity index (χ3v) is 2.74. The Morgan fingerprint density at radius 3 is 2.65 bits per heavy atom. The molecule has 5 heteroatoms. The lowest BCUT2D eigenvalue weighted by Gasteiger charge is -2.32. The number of morpholine rings is 1. The molecule has 0 radical (unpaired) electrons. The van der Waals surface area contributed by atoms with Gasteiger partial charge >= 0.3 is 11.8 Å². The smallest absolute Gasteiger partial charge is 0.311 e. The van der Waals surface area contributed by atoms with Gasteiger partial charge in [-0.25, -0.2) is 0 Å². The minimum absolute atomic E-state index is 0.187. The summed E-state index contributed by atoms with van der Waals surface area (Å²) in [6.07, 6.45) is -0.187. The fraction of sp³-hybridized carbons (Fsp3) is 0.333.